The van der Waals surface area contributed by atoms with Crippen molar-refractivity contribution in [3.05, 3.63) is 50.9 Å². The van der Waals surface area contributed by atoms with Crippen molar-refractivity contribution < 1.29 is 9.18 Å². The number of anilines is 1. The highest BCUT2D eigenvalue weighted by Gasteiger charge is 2.12. The highest BCUT2D eigenvalue weighted by molar-refractivity contribution is 9.10. The number of carbonyl (C=O) groups excluding carboxylic acids is 1. The molecule has 1 aromatic carbocycles. The van der Waals surface area contributed by atoms with Crippen molar-refractivity contribution in [2.75, 3.05) is 5.32 Å². The van der Waals surface area contributed by atoms with E-state index in [0.29, 0.717) is 4.47 Å². The molecule has 2 aromatic rings. The first-order valence-corrected chi connectivity index (χ1v) is 7.29. The molecule has 1 heterocycles. The molecule has 0 spiro atoms. The number of urea groups is 1. The zero-order chi connectivity index (χ0) is 13.8. The van der Waals surface area contributed by atoms with Crippen molar-refractivity contribution in [3.63, 3.8) is 0 Å². The number of benzene rings is 1. The Morgan fingerprint density at radius 1 is 1.42 bits per heavy atom. The van der Waals surface area contributed by atoms with Gasteiger partial charge < -0.3 is 10.6 Å². The summed E-state index contributed by atoms with van der Waals surface area (Å²) in [6, 6.07) is 7.80. The zero-order valence-electron chi connectivity index (χ0n) is 10.1. The van der Waals surface area contributed by atoms with E-state index in [0.717, 1.165) is 4.88 Å². The van der Waals surface area contributed by atoms with Crippen LogP contribution in [0.1, 0.15) is 17.8 Å². The van der Waals surface area contributed by atoms with E-state index in [1.165, 1.54) is 12.1 Å². The predicted octanol–water partition coefficient (Wildman–Crippen LogP) is 4.53. The van der Waals surface area contributed by atoms with E-state index in [1.54, 1.807) is 17.4 Å². The Labute approximate surface area is 123 Å². The quantitative estimate of drug-likeness (QED) is 0.845. The summed E-state index contributed by atoms with van der Waals surface area (Å²) in [5, 5.41) is 7.19. The average Bonchev–Trinajstić information content (AvgIpc) is 2.86. The van der Waals surface area contributed by atoms with Crippen molar-refractivity contribution in [3.8, 4) is 0 Å². The van der Waals surface area contributed by atoms with Gasteiger partial charge in [0.15, 0.2) is 0 Å². The lowest BCUT2D eigenvalue weighted by Crippen LogP contribution is -2.31. The van der Waals surface area contributed by atoms with Gasteiger partial charge in [0.25, 0.3) is 0 Å². The molecule has 0 saturated heterocycles. The summed E-state index contributed by atoms with van der Waals surface area (Å²) < 4.78 is 14.2. The number of rotatable bonds is 3. The maximum atomic E-state index is 13.6. The monoisotopic (exact) mass is 342 g/mol. The average molecular weight is 343 g/mol. The summed E-state index contributed by atoms with van der Waals surface area (Å²) >= 11 is 4.72. The first kappa shape index (κ1) is 14.0. The topological polar surface area (TPSA) is 41.1 Å². The summed E-state index contributed by atoms with van der Waals surface area (Å²) in [5.74, 6) is -0.478. The van der Waals surface area contributed by atoms with E-state index >= 15 is 0 Å². The van der Waals surface area contributed by atoms with Gasteiger partial charge in [0, 0.05) is 9.35 Å². The third-order valence-corrected chi connectivity index (χ3v) is 4.05. The lowest BCUT2D eigenvalue weighted by molar-refractivity contribution is 0.249. The number of hydrogen-bond donors (Lipinski definition) is 2. The van der Waals surface area contributed by atoms with Crippen LogP contribution in [-0.4, -0.2) is 6.03 Å². The van der Waals surface area contributed by atoms with Gasteiger partial charge >= 0.3 is 6.03 Å². The Hall–Kier alpha value is -1.40. The van der Waals surface area contributed by atoms with E-state index in [4.69, 9.17) is 0 Å². The minimum atomic E-state index is -0.478. The molecule has 6 heteroatoms. The number of carbonyl (C=O) groups is 1. The molecular weight excluding hydrogens is 331 g/mol. The molecule has 3 nitrogen and oxygen atoms in total. The summed E-state index contributed by atoms with van der Waals surface area (Å²) in [6.45, 7) is 1.88. The first-order valence-electron chi connectivity index (χ1n) is 5.62. The second-order valence-corrected chi connectivity index (χ2v) is 5.85. The molecule has 19 heavy (non-hydrogen) atoms. The number of amides is 2. The molecule has 2 rings (SSSR count). The summed E-state index contributed by atoms with van der Waals surface area (Å²) in [7, 11) is 0. The van der Waals surface area contributed by atoms with E-state index in [-0.39, 0.29) is 11.7 Å². The molecule has 1 atom stereocenters. The van der Waals surface area contributed by atoms with Gasteiger partial charge in [0.05, 0.1) is 11.7 Å². The molecule has 0 bridgehead atoms. The van der Waals surface area contributed by atoms with Crippen LogP contribution in [0.25, 0.3) is 0 Å². The van der Waals surface area contributed by atoms with Gasteiger partial charge in [-0.05, 0) is 36.6 Å². The Morgan fingerprint density at radius 3 is 2.84 bits per heavy atom. The van der Waals surface area contributed by atoms with Crippen molar-refractivity contribution >= 4 is 39.0 Å². The molecule has 2 amide bonds. The molecule has 100 valence electrons. The highest BCUT2D eigenvalue weighted by atomic mass is 79.9. The molecule has 2 N–H and O–H groups in total. The summed E-state index contributed by atoms with van der Waals surface area (Å²) in [4.78, 5) is 12.8. The van der Waals surface area contributed by atoms with Crippen LogP contribution in [0.4, 0.5) is 14.9 Å². The minimum absolute atomic E-state index is 0.112. The standard InChI is InChI=1S/C13H12BrFN2OS/c1-8(12-3-2-6-19-12)16-13(18)17-11-5-4-9(14)7-10(11)15/h2-8H,1H3,(H2,16,17,18). The van der Waals surface area contributed by atoms with E-state index in [1.807, 2.05) is 24.4 Å². The fourth-order valence-electron chi connectivity index (χ4n) is 1.55. The molecule has 1 aromatic heterocycles. The van der Waals surface area contributed by atoms with Crippen LogP contribution in [0.3, 0.4) is 0 Å². The predicted molar refractivity (Wildman–Crippen MR) is 79.0 cm³/mol. The second kappa shape index (κ2) is 6.16. The summed E-state index contributed by atoms with van der Waals surface area (Å²) in [6.07, 6.45) is 0. The number of thiophene rings is 1. The largest absolute Gasteiger partial charge is 0.331 e. The fourth-order valence-corrected chi connectivity index (χ4v) is 2.62. The van der Waals surface area contributed by atoms with E-state index in [2.05, 4.69) is 26.6 Å². The highest BCUT2D eigenvalue weighted by Crippen LogP contribution is 2.20. The van der Waals surface area contributed by atoms with Crippen LogP contribution in [0.5, 0.6) is 0 Å². The normalized spacial score (nSPS) is 11.9. The first-order chi connectivity index (χ1) is 9.06. The number of hydrogen-bond acceptors (Lipinski definition) is 2. The SMILES string of the molecule is CC(NC(=O)Nc1ccc(Br)cc1F)c1cccs1. The Morgan fingerprint density at radius 2 is 2.21 bits per heavy atom. The molecule has 0 fully saturated rings. The van der Waals surface area contributed by atoms with Gasteiger partial charge in [0.1, 0.15) is 5.82 Å². The van der Waals surface area contributed by atoms with Crippen molar-refractivity contribution in [1.29, 1.82) is 0 Å². The van der Waals surface area contributed by atoms with Gasteiger partial charge in [0.2, 0.25) is 0 Å². The zero-order valence-corrected chi connectivity index (χ0v) is 12.5. The van der Waals surface area contributed by atoms with Crippen LogP contribution in [0, 0.1) is 5.82 Å². The molecular formula is C13H12BrFN2OS. The molecule has 0 radical (unpaired) electrons. The second-order valence-electron chi connectivity index (χ2n) is 3.96. The third-order valence-electron chi connectivity index (χ3n) is 2.50. The molecule has 0 aliphatic rings. The van der Waals surface area contributed by atoms with Crippen molar-refractivity contribution in [1.82, 2.24) is 5.32 Å². The van der Waals surface area contributed by atoms with Gasteiger partial charge in [-0.2, -0.15) is 0 Å². The lowest BCUT2D eigenvalue weighted by atomic mass is 10.3. The minimum Gasteiger partial charge on any atom is -0.331 e. The third kappa shape index (κ3) is 3.78. The Bertz CT molecular complexity index is 574. The van der Waals surface area contributed by atoms with Crippen molar-refractivity contribution in [2.45, 2.75) is 13.0 Å². The van der Waals surface area contributed by atoms with Crippen molar-refractivity contribution in [2.24, 2.45) is 0 Å². The molecule has 0 aliphatic carbocycles. The van der Waals surface area contributed by atoms with Crippen LogP contribution in [0.2, 0.25) is 0 Å². The number of halogens is 2. The maximum absolute atomic E-state index is 13.6. The van der Waals surface area contributed by atoms with Gasteiger partial charge in [-0.1, -0.05) is 22.0 Å². The number of nitrogens with one attached hydrogen (secondary N) is 2. The van der Waals surface area contributed by atoms with Gasteiger partial charge in [-0.25, -0.2) is 9.18 Å². The Balaban J connectivity index is 1.98. The lowest BCUT2D eigenvalue weighted by Gasteiger charge is -2.13. The fraction of sp³-hybridized carbons (Fsp3) is 0.154. The molecule has 1 unspecified atom stereocenters. The summed E-state index contributed by atoms with van der Waals surface area (Å²) in [5.41, 5.74) is 0.152. The van der Waals surface area contributed by atoms with E-state index < -0.39 is 11.8 Å². The van der Waals surface area contributed by atoms with Gasteiger partial charge in [-0.15, -0.1) is 11.3 Å². The Kier molecular flexibility index (Phi) is 4.55. The van der Waals surface area contributed by atoms with Crippen LogP contribution >= 0.6 is 27.3 Å². The smallest absolute Gasteiger partial charge is 0.319 e. The van der Waals surface area contributed by atoms with Crippen LogP contribution in [0.15, 0.2) is 40.2 Å². The van der Waals surface area contributed by atoms with E-state index in [9.17, 15) is 9.18 Å². The van der Waals surface area contributed by atoms with Crippen LogP contribution < -0.4 is 10.6 Å². The maximum Gasteiger partial charge on any atom is 0.319 e. The van der Waals surface area contributed by atoms with Crippen LogP contribution in [-0.2, 0) is 0 Å². The molecule has 0 aliphatic heterocycles. The molecule has 0 saturated carbocycles. The van der Waals surface area contributed by atoms with Gasteiger partial charge in [-0.3, -0.25) is 0 Å².